The molecule has 0 aliphatic heterocycles. The van der Waals surface area contributed by atoms with Gasteiger partial charge in [-0.05, 0) is 0 Å². The molecule has 68 valence electrons. The molecule has 0 unspecified atom stereocenters. The van der Waals surface area contributed by atoms with Crippen LogP contribution in [-0.2, 0) is 18.6 Å². The molecule has 0 saturated carbocycles. The van der Waals surface area contributed by atoms with Gasteiger partial charge < -0.3 is 24.4 Å². The zero-order valence-corrected chi connectivity index (χ0v) is 6.82. The molecule has 0 amide bonds. The summed E-state index contributed by atoms with van der Waals surface area (Å²) in [5, 5.41) is 8.81. The summed E-state index contributed by atoms with van der Waals surface area (Å²) in [7, 11) is -2.91. The highest BCUT2D eigenvalue weighted by molar-refractivity contribution is 7.46. The molecule has 0 bridgehead atoms. The van der Waals surface area contributed by atoms with Gasteiger partial charge in [-0.25, -0.2) is 9.09 Å². The third-order valence-corrected chi connectivity index (χ3v) is 1.22. The molecule has 0 heterocycles. The average Bonchev–Trinajstić information content (AvgIpc) is 1.84. The summed E-state index contributed by atoms with van der Waals surface area (Å²) in [4.78, 5) is 16.4. The number of hydrogen-bond donors (Lipinski definition) is 3. The van der Waals surface area contributed by atoms with E-state index >= 15 is 0 Å². The molecule has 0 aliphatic rings. The summed E-state index contributed by atoms with van der Waals surface area (Å²) >= 11 is 0. The molecule has 0 fully saturated rings. The Morgan fingerprint density at radius 3 is 1.73 bits per heavy atom. The van der Waals surface area contributed by atoms with Gasteiger partial charge in [-0.2, -0.15) is 0 Å². The summed E-state index contributed by atoms with van der Waals surface area (Å²) in [5.41, 5.74) is 0. The van der Waals surface area contributed by atoms with Gasteiger partial charge in [0.05, 0.1) is 0 Å². The minimum absolute atomic E-state index is 0.957. The summed E-state index contributed by atoms with van der Waals surface area (Å²) in [5.74, 6) is 0. The summed E-state index contributed by atoms with van der Waals surface area (Å²) in [6.07, 6.45) is -2.70. The van der Waals surface area contributed by atoms with Crippen molar-refractivity contribution in [3.8, 4) is 0 Å². The lowest BCUT2D eigenvalue weighted by Gasteiger charge is -2.22. The molecule has 0 aromatic heterocycles. The second-order valence-corrected chi connectivity index (χ2v) is 2.68. The molecule has 0 aromatic carbocycles. The van der Waals surface area contributed by atoms with Gasteiger partial charge >= 0.3 is 14.0 Å². The van der Waals surface area contributed by atoms with Crippen molar-refractivity contribution in [2.24, 2.45) is 0 Å². The summed E-state index contributed by atoms with van der Waals surface area (Å²) in [6, 6.07) is 0. The number of hydrogen-bond acceptors (Lipinski definition) is 5. The maximum absolute atomic E-state index is 10.1. The Labute approximate surface area is 62.7 Å². The predicted octanol–water partition coefficient (Wildman–Crippen LogP) is -1.01. The van der Waals surface area contributed by atoms with Crippen LogP contribution in [-0.4, -0.2) is 35.3 Å². The molecular weight excluding hydrogens is 179 g/mol. The van der Waals surface area contributed by atoms with Crippen molar-refractivity contribution in [2.75, 3.05) is 14.2 Å². The first-order valence-corrected chi connectivity index (χ1v) is 3.95. The SMILES string of the molecule is COC(O)(OC)OP(=O)(O)O. The molecule has 0 atom stereocenters. The quantitative estimate of drug-likeness (QED) is 0.383. The van der Waals surface area contributed by atoms with Gasteiger partial charge in [0.1, 0.15) is 0 Å². The fourth-order valence-electron chi connectivity index (χ4n) is 0.308. The van der Waals surface area contributed by atoms with Crippen LogP contribution in [0.25, 0.3) is 0 Å². The van der Waals surface area contributed by atoms with Crippen molar-refractivity contribution >= 4 is 7.82 Å². The standard InChI is InChI=1S/C3H9O7P/c1-8-3(4,9-2)10-11(5,6)7/h4H,1-2H3,(H2,5,6,7). The number of ether oxygens (including phenoxy) is 2. The molecule has 11 heavy (non-hydrogen) atoms. The fraction of sp³-hybridized carbons (Fsp3) is 1.00. The van der Waals surface area contributed by atoms with Crippen molar-refractivity contribution in [1.82, 2.24) is 0 Å². The molecule has 0 radical (unpaired) electrons. The van der Waals surface area contributed by atoms with Crippen molar-refractivity contribution < 1.29 is 33.5 Å². The molecule has 0 saturated heterocycles. The summed E-state index contributed by atoms with van der Waals surface area (Å²) < 4.78 is 22.0. The highest BCUT2D eigenvalue weighted by atomic mass is 31.2. The van der Waals surface area contributed by atoms with Crippen LogP contribution in [0.1, 0.15) is 0 Å². The number of aliphatic hydroxyl groups is 1. The molecule has 7 nitrogen and oxygen atoms in total. The van der Waals surface area contributed by atoms with Crippen LogP contribution in [0.4, 0.5) is 0 Å². The zero-order chi connectivity index (χ0) is 9.12. The van der Waals surface area contributed by atoms with E-state index in [9.17, 15) is 4.57 Å². The lowest BCUT2D eigenvalue weighted by Crippen LogP contribution is -2.35. The highest BCUT2D eigenvalue weighted by Gasteiger charge is 2.36. The van der Waals surface area contributed by atoms with Crippen molar-refractivity contribution in [3.63, 3.8) is 0 Å². The third kappa shape index (κ3) is 4.44. The normalized spacial score (nSPS) is 13.5. The monoisotopic (exact) mass is 188 g/mol. The first kappa shape index (κ1) is 11.0. The van der Waals surface area contributed by atoms with E-state index in [-0.39, 0.29) is 0 Å². The first-order valence-electron chi connectivity index (χ1n) is 2.42. The van der Waals surface area contributed by atoms with Crippen LogP contribution in [0.5, 0.6) is 0 Å². The Balaban J connectivity index is 4.20. The van der Waals surface area contributed by atoms with Crippen LogP contribution in [0, 0.1) is 0 Å². The van der Waals surface area contributed by atoms with E-state index in [1.807, 2.05) is 0 Å². The van der Waals surface area contributed by atoms with Gasteiger partial charge in [0.25, 0.3) is 0 Å². The van der Waals surface area contributed by atoms with Gasteiger partial charge in [-0.3, -0.25) is 0 Å². The Bertz CT molecular complexity index is 157. The second kappa shape index (κ2) is 3.59. The topological polar surface area (TPSA) is 105 Å². The van der Waals surface area contributed by atoms with Gasteiger partial charge in [0, 0.05) is 14.2 Å². The van der Waals surface area contributed by atoms with E-state index in [0.29, 0.717) is 0 Å². The Hall–Kier alpha value is -0.0100. The van der Waals surface area contributed by atoms with E-state index in [2.05, 4.69) is 14.0 Å². The van der Waals surface area contributed by atoms with E-state index in [1.54, 1.807) is 0 Å². The number of methoxy groups -OCH3 is 2. The molecule has 0 aliphatic carbocycles. The van der Waals surface area contributed by atoms with Crippen LogP contribution in [0.2, 0.25) is 0 Å². The molecule has 0 rings (SSSR count). The molecule has 0 spiro atoms. The van der Waals surface area contributed by atoms with Gasteiger partial charge in [0.2, 0.25) is 0 Å². The Morgan fingerprint density at radius 2 is 1.64 bits per heavy atom. The van der Waals surface area contributed by atoms with E-state index in [0.717, 1.165) is 14.2 Å². The van der Waals surface area contributed by atoms with Crippen LogP contribution < -0.4 is 0 Å². The lowest BCUT2D eigenvalue weighted by molar-refractivity contribution is -0.443. The fourth-order valence-corrected chi connectivity index (χ4v) is 0.758. The largest absolute Gasteiger partial charge is 0.475 e. The average molecular weight is 188 g/mol. The minimum atomic E-state index is -4.82. The van der Waals surface area contributed by atoms with Crippen LogP contribution >= 0.6 is 7.82 Å². The zero-order valence-electron chi connectivity index (χ0n) is 5.92. The van der Waals surface area contributed by atoms with Crippen LogP contribution in [0.15, 0.2) is 0 Å². The van der Waals surface area contributed by atoms with E-state index < -0.39 is 14.0 Å². The Morgan fingerprint density at radius 1 is 1.27 bits per heavy atom. The highest BCUT2D eigenvalue weighted by Crippen LogP contribution is 2.40. The smallest absolute Gasteiger partial charge is 0.319 e. The number of phosphoric acid groups is 1. The number of rotatable bonds is 4. The molecule has 0 aromatic rings. The van der Waals surface area contributed by atoms with Crippen molar-refractivity contribution in [2.45, 2.75) is 6.16 Å². The molecule has 3 N–H and O–H groups in total. The van der Waals surface area contributed by atoms with Crippen LogP contribution in [0.3, 0.4) is 0 Å². The molecular formula is C3H9O7P. The minimum Gasteiger partial charge on any atom is -0.319 e. The van der Waals surface area contributed by atoms with Gasteiger partial charge in [0.15, 0.2) is 0 Å². The van der Waals surface area contributed by atoms with E-state index in [4.69, 9.17) is 14.9 Å². The third-order valence-electron chi connectivity index (χ3n) is 0.750. The van der Waals surface area contributed by atoms with E-state index in [1.165, 1.54) is 0 Å². The lowest BCUT2D eigenvalue weighted by atomic mass is 11.1. The summed E-state index contributed by atoms with van der Waals surface area (Å²) in [6.45, 7) is 0. The predicted molar refractivity (Wildman–Crippen MR) is 32.1 cm³/mol. The second-order valence-electron chi connectivity index (χ2n) is 1.51. The number of phosphoric ester groups is 1. The Kier molecular flexibility index (Phi) is 3.59. The maximum atomic E-state index is 10.1. The van der Waals surface area contributed by atoms with Gasteiger partial charge in [-0.1, -0.05) is 0 Å². The van der Waals surface area contributed by atoms with Crippen molar-refractivity contribution in [3.05, 3.63) is 0 Å². The maximum Gasteiger partial charge on any atom is 0.475 e. The molecule has 8 heteroatoms. The van der Waals surface area contributed by atoms with Gasteiger partial charge in [-0.15, -0.1) is 0 Å². The first-order chi connectivity index (χ1) is 4.83. The van der Waals surface area contributed by atoms with Crippen molar-refractivity contribution in [1.29, 1.82) is 0 Å².